The highest BCUT2D eigenvalue weighted by molar-refractivity contribution is 6.33. The molecule has 11 heteroatoms. The van der Waals surface area contributed by atoms with Crippen LogP contribution in [0.2, 0.25) is 5.02 Å². The van der Waals surface area contributed by atoms with Crippen LogP contribution in [0, 0.1) is 0 Å². The van der Waals surface area contributed by atoms with Crippen molar-refractivity contribution in [2.24, 2.45) is 0 Å². The van der Waals surface area contributed by atoms with E-state index in [1.54, 1.807) is 12.1 Å². The molecule has 200 valence electrons. The first-order valence-electron chi connectivity index (χ1n) is 11.4. The summed E-state index contributed by atoms with van der Waals surface area (Å²) in [4.78, 5) is 24.9. The fourth-order valence-electron chi connectivity index (χ4n) is 4.48. The van der Waals surface area contributed by atoms with E-state index in [0.717, 1.165) is 25.0 Å². The highest BCUT2D eigenvalue weighted by Gasteiger charge is 2.64. The molecule has 3 aromatic carbocycles. The molecule has 0 fully saturated rings. The number of halogens is 1. The maximum Gasteiger partial charge on any atom is 0.337 e. The van der Waals surface area contributed by atoms with Crippen LogP contribution < -0.4 is 4.74 Å². The molecule has 0 atom stereocenters. The lowest BCUT2D eigenvalue weighted by Crippen LogP contribution is -2.74. The van der Waals surface area contributed by atoms with Crippen LogP contribution in [-0.4, -0.2) is 64.7 Å². The number of aliphatic hydroxyl groups is 5. The monoisotopic (exact) mass is 543 g/mol. The number of benzene rings is 3. The molecule has 0 saturated carbocycles. The van der Waals surface area contributed by atoms with Gasteiger partial charge in [0.25, 0.3) is 5.91 Å². The molecule has 0 radical (unpaired) electrons. The lowest BCUT2D eigenvalue weighted by molar-refractivity contribution is -0.404. The summed E-state index contributed by atoms with van der Waals surface area (Å²) in [5.74, 6) is -7.72. The quantitative estimate of drug-likeness (QED) is 0.233. The molecule has 1 aliphatic heterocycles. The maximum absolute atomic E-state index is 12.9. The lowest BCUT2D eigenvalue weighted by atomic mass is 9.93. The summed E-state index contributed by atoms with van der Waals surface area (Å²) in [7, 11) is 0. The average molecular weight is 544 g/mol. The van der Waals surface area contributed by atoms with E-state index in [-0.39, 0.29) is 29.3 Å². The first-order chi connectivity index (χ1) is 17.6. The standard InChI is InChI=1S/C27H26ClNO9/c1-25(33,34)27(37,26(2,35)36)29-13-18-11-19(7-8-20(18)23(29)30)38-14-15-4-3-5-16(10-15)17-6-9-22(28)21(12-17)24(31)32/h3-12,33-37H,13-14H2,1-2H3,(H,31,32). The highest BCUT2D eigenvalue weighted by atomic mass is 35.5. The first-order valence-corrected chi connectivity index (χ1v) is 11.8. The Kier molecular flexibility index (Phi) is 7.00. The van der Waals surface area contributed by atoms with Crippen molar-refractivity contribution in [3.63, 3.8) is 0 Å². The molecular weight excluding hydrogens is 518 g/mol. The molecule has 1 heterocycles. The van der Waals surface area contributed by atoms with E-state index in [0.29, 0.717) is 21.8 Å². The minimum Gasteiger partial charge on any atom is -0.489 e. The van der Waals surface area contributed by atoms with Crippen molar-refractivity contribution in [2.45, 2.75) is 44.3 Å². The fraction of sp³-hybridized carbons (Fsp3) is 0.259. The molecule has 6 N–H and O–H groups in total. The van der Waals surface area contributed by atoms with Crippen LogP contribution >= 0.6 is 11.6 Å². The zero-order valence-electron chi connectivity index (χ0n) is 20.4. The number of hydrogen-bond acceptors (Lipinski definition) is 8. The topological polar surface area (TPSA) is 168 Å². The minimum atomic E-state index is -3.14. The summed E-state index contributed by atoms with van der Waals surface area (Å²) >= 11 is 5.97. The molecule has 4 rings (SSSR count). The Morgan fingerprint density at radius 1 is 0.947 bits per heavy atom. The Labute approximate surface area is 222 Å². The molecular formula is C27H26ClNO9. The van der Waals surface area contributed by atoms with Crippen LogP contribution in [-0.2, 0) is 13.2 Å². The third-order valence-corrected chi connectivity index (χ3v) is 6.78. The van der Waals surface area contributed by atoms with Crippen molar-refractivity contribution in [1.29, 1.82) is 0 Å². The molecule has 10 nitrogen and oxygen atoms in total. The summed E-state index contributed by atoms with van der Waals surface area (Å²) in [6.45, 7) is 1.27. The smallest absolute Gasteiger partial charge is 0.337 e. The van der Waals surface area contributed by atoms with Crippen molar-refractivity contribution in [3.05, 3.63) is 87.9 Å². The summed E-state index contributed by atoms with van der Waals surface area (Å²) in [6, 6.07) is 16.5. The summed E-state index contributed by atoms with van der Waals surface area (Å²) in [5, 5.41) is 60.7. The van der Waals surface area contributed by atoms with Crippen molar-refractivity contribution < 1.29 is 45.0 Å². The number of hydrogen-bond donors (Lipinski definition) is 6. The molecule has 0 aliphatic carbocycles. The van der Waals surface area contributed by atoms with Gasteiger partial charge in [0, 0.05) is 5.56 Å². The molecule has 3 aromatic rings. The SMILES string of the molecule is CC(O)(O)C(O)(N1Cc2cc(OCc3cccc(-c4ccc(Cl)c(C(=O)O)c4)c3)ccc2C1=O)C(C)(O)O. The van der Waals surface area contributed by atoms with Crippen molar-refractivity contribution in [1.82, 2.24) is 4.90 Å². The number of nitrogens with zero attached hydrogens (tertiary/aromatic N) is 1. The summed E-state index contributed by atoms with van der Waals surface area (Å²) < 4.78 is 5.87. The molecule has 0 spiro atoms. The Hall–Kier alpha value is -3.51. The van der Waals surface area contributed by atoms with E-state index in [4.69, 9.17) is 16.3 Å². The van der Waals surface area contributed by atoms with E-state index < -0.39 is 29.2 Å². The second-order valence-corrected chi connectivity index (χ2v) is 9.82. The largest absolute Gasteiger partial charge is 0.489 e. The Morgan fingerprint density at radius 2 is 1.61 bits per heavy atom. The number of carbonyl (C=O) groups excluding carboxylic acids is 1. The number of carbonyl (C=O) groups is 2. The number of amides is 1. The predicted molar refractivity (Wildman–Crippen MR) is 135 cm³/mol. The number of carboxylic acids is 1. The predicted octanol–water partition coefficient (Wildman–Crippen LogP) is 2.33. The second kappa shape index (κ2) is 9.66. The van der Waals surface area contributed by atoms with Crippen LogP contribution in [0.1, 0.15) is 45.7 Å². The lowest BCUT2D eigenvalue weighted by Gasteiger charge is -2.48. The van der Waals surface area contributed by atoms with Gasteiger partial charge in [-0.3, -0.25) is 9.69 Å². The van der Waals surface area contributed by atoms with Gasteiger partial charge < -0.3 is 35.4 Å². The van der Waals surface area contributed by atoms with E-state index in [2.05, 4.69) is 0 Å². The van der Waals surface area contributed by atoms with Crippen molar-refractivity contribution in [2.75, 3.05) is 0 Å². The highest BCUT2D eigenvalue weighted by Crippen LogP contribution is 2.40. The third kappa shape index (κ3) is 4.85. The van der Waals surface area contributed by atoms with Crippen LogP contribution in [0.5, 0.6) is 5.75 Å². The molecule has 0 saturated heterocycles. The summed E-state index contributed by atoms with van der Waals surface area (Å²) in [5.41, 5.74) is -0.457. The van der Waals surface area contributed by atoms with Gasteiger partial charge in [-0.15, -0.1) is 0 Å². The molecule has 1 aliphatic rings. The van der Waals surface area contributed by atoms with Gasteiger partial charge in [0.05, 0.1) is 17.1 Å². The normalized spacial score (nSPS) is 14.0. The molecule has 0 unspecified atom stereocenters. The van der Waals surface area contributed by atoms with E-state index >= 15 is 0 Å². The average Bonchev–Trinajstić information content (AvgIpc) is 3.17. The Balaban J connectivity index is 1.53. The Bertz CT molecular complexity index is 1390. The zero-order chi connectivity index (χ0) is 28.0. The summed E-state index contributed by atoms with van der Waals surface area (Å²) in [6.07, 6.45) is 0. The van der Waals surface area contributed by atoms with E-state index in [1.165, 1.54) is 30.3 Å². The number of rotatable bonds is 8. The van der Waals surface area contributed by atoms with Gasteiger partial charge in [-0.25, -0.2) is 4.79 Å². The minimum absolute atomic E-state index is 0.00938. The molecule has 1 amide bonds. The van der Waals surface area contributed by atoms with Crippen LogP contribution in [0.15, 0.2) is 60.7 Å². The van der Waals surface area contributed by atoms with Gasteiger partial charge in [0.1, 0.15) is 12.4 Å². The zero-order valence-corrected chi connectivity index (χ0v) is 21.2. The van der Waals surface area contributed by atoms with E-state index in [1.807, 2.05) is 18.2 Å². The second-order valence-electron chi connectivity index (χ2n) is 9.41. The fourth-order valence-corrected chi connectivity index (χ4v) is 4.68. The number of ether oxygens (including phenoxy) is 1. The maximum atomic E-state index is 12.9. The van der Waals surface area contributed by atoms with Crippen LogP contribution in [0.25, 0.3) is 11.1 Å². The van der Waals surface area contributed by atoms with Crippen LogP contribution in [0.4, 0.5) is 0 Å². The first kappa shape index (κ1) is 27.5. The Morgan fingerprint density at radius 3 is 2.24 bits per heavy atom. The number of carboxylic acid groups (broad SMARTS) is 1. The third-order valence-electron chi connectivity index (χ3n) is 6.45. The van der Waals surface area contributed by atoms with Gasteiger partial charge >= 0.3 is 5.97 Å². The molecule has 38 heavy (non-hydrogen) atoms. The van der Waals surface area contributed by atoms with Gasteiger partial charge in [0.15, 0.2) is 0 Å². The number of aromatic carboxylic acids is 1. The van der Waals surface area contributed by atoms with Gasteiger partial charge in [0.2, 0.25) is 17.3 Å². The van der Waals surface area contributed by atoms with E-state index in [9.17, 15) is 40.2 Å². The van der Waals surface area contributed by atoms with Gasteiger partial charge in [-0.1, -0.05) is 35.9 Å². The van der Waals surface area contributed by atoms with Crippen molar-refractivity contribution >= 4 is 23.5 Å². The molecule has 0 aromatic heterocycles. The molecule has 0 bridgehead atoms. The van der Waals surface area contributed by atoms with Gasteiger partial charge in [-0.05, 0) is 72.5 Å². The van der Waals surface area contributed by atoms with Crippen molar-refractivity contribution in [3.8, 4) is 16.9 Å². The van der Waals surface area contributed by atoms with Crippen LogP contribution in [0.3, 0.4) is 0 Å². The number of fused-ring (bicyclic) bond motifs is 1. The van der Waals surface area contributed by atoms with Gasteiger partial charge in [-0.2, -0.15) is 0 Å².